The molecule has 3 aromatic rings. The molecule has 3 aromatic carbocycles. The zero-order valence-electron chi connectivity index (χ0n) is 14.9. The Labute approximate surface area is 161 Å². The Morgan fingerprint density at radius 1 is 0.893 bits per heavy atom. The number of hydrogen-bond acceptors (Lipinski definition) is 4. The summed E-state index contributed by atoms with van der Waals surface area (Å²) in [5, 5.41) is 2.75. The summed E-state index contributed by atoms with van der Waals surface area (Å²) in [6.07, 6.45) is 1.68. The molecule has 136 valence electrons. The lowest BCUT2D eigenvalue weighted by molar-refractivity contribution is 0.0978. The molecule has 0 bridgehead atoms. The van der Waals surface area contributed by atoms with Crippen molar-refractivity contribution < 1.29 is 14.4 Å². The van der Waals surface area contributed by atoms with Crippen molar-refractivity contribution in [1.82, 2.24) is 0 Å². The predicted octanol–water partition coefficient (Wildman–Crippen LogP) is 3.94. The number of nitrogen functional groups attached to an aromatic ring is 1. The van der Waals surface area contributed by atoms with Crippen LogP contribution >= 0.6 is 0 Å². The van der Waals surface area contributed by atoms with Crippen molar-refractivity contribution in [2.45, 2.75) is 0 Å². The second-order valence-corrected chi connectivity index (χ2v) is 6.47. The van der Waals surface area contributed by atoms with Crippen molar-refractivity contribution in [1.29, 1.82) is 0 Å². The van der Waals surface area contributed by atoms with Crippen LogP contribution in [0.5, 0.6) is 0 Å². The van der Waals surface area contributed by atoms with Crippen molar-refractivity contribution in [3.63, 3.8) is 0 Å². The molecular formula is C23H16N2O3. The third kappa shape index (κ3) is 2.79. The molecule has 4 rings (SSSR count). The Kier molecular flexibility index (Phi) is 4.12. The maximum Gasteiger partial charge on any atom is 0.255 e. The van der Waals surface area contributed by atoms with Crippen LogP contribution in [0.15, 0.2) is 67.2 Å². The van der Waals surface area contributed by atoms with Gasteiger partial charge in [-0.15, -0.1) is 0 Å². The molecule has 28 heavy (non-hydrogen) atoms. The van der Waals surface area contributed by atoms with Crippen LogP contribution in [0.25, 0.3) is 6.08 Å². The number of carbonyl (C=O) groups is 3. The zero-order chi connectivity index (χ0) is 19.8. The molecule has 1 aliphatic carbocycles. The number of nitrogens with one attached hydrogen (secondary N) is 1. The van der Waals surface area contributed by atoms with Gasteiger partial charge in [0.1, 0.15) is 0 Å². The summed E-state index contributed by atoms with van der Waals surface area (Å²) in [5.41, 5.74) is 8.82. The number of carbonyl (C=O) groups excluding carboxylic acids is 3. The fourth-order valence-electron chi connectivity index (χ4n) is 3.28. The van der Waals surface area contributed by atoms with Gasteiger partial charge in [-0.3, -0.25) is 14.4 Å². The first-order valence-electron chi connectivity index (χ1n) is 8.65. The Morgan fingerprint density at radius 2 is 1.64 bits per heavy atom. The SMILES string of the molecule is C=Cc1ccc(C(=O)Nc2cccc3c2C(=O)c2ccc(N)cc2C3=O)cc1. The summed E-state index contributed by atoms with van der Waals surface area (Å²) in [5.74, 6) is -0.974. The molecule has 0 saturated heterocycles. The molecular weight excluding hydrogens is 352 g/mol. The summed E-state index contributed by atoms with van der Waals surface area (Å²) >= 11 is 0. The van der Waals surface area contributed by atoms with E-state index in [2.05, 4.69) is 11.9 Å². The van der Waals surface area contributed by atoms with E-state index in [4.69, 9.17) is 5.73 Å². The fraction of sp³-hybridized carbons (Fsp3) is 0. The number of benzene rings is 3. The quantitative estimate of drug-likeness (QED) is 0.536. The van der Waals surface area contributed by atoms with Crippen LogP contribution in [0.4, 0.5) is 11.4 Å². The van der Waals surface area contributed by atoms with Gasteiger partial charge in [-0.2, -0.15) is 0 Å². The van der Waals surface area contributed by atoms with E-state index >= 15 is 0 Å². The molecule has 3 N–H and O–H groups in total. The normalized spacial score (nSPS) is 12.1. The van der Waals surface area contributed by atoms with Crippen molar-refractivity contribution in [2.75, 3.05) is 11.1 Å². The van der Waals surface area contributed by atoms with Gasteiger partial charge in [0, 0.05) is 27.9 Å². The van der Waals surface area contributed by atoms with Gasteiger partial charge >= 0.3 is 0 Å². The van der Waals surface area contributed by atoms with E-state index in [1.807, 2.05) is 0 Å². The Hall–Kier alpha value is -3.99. The molecule has 0 radical (unpaired) electrons. The molecule has 1 amide bonds. The predicted molar refractivity (Wildman–Crippen MR) is 109 cm³/mol. The van der Waals surface area contributed by atoms with Gasteiger partial charge in [-0.1, -0.05) is 36.9 Å². The van der Waals surface area contributed by atoms with Gasteiger partial charge in [0.25, 0.3) is 5.91 Å². The van der Waals surface area contributed by atoms with Crippen LogP contribution in [0.1, 0.15) is 47.8 Å². The van der Waals surface area contributed by atoms with Crippen LogP contribution < -0.4 is 11.1 Å². The maximum absolute atomic E-state index is 13.0. The van der Waals surface area contributed by atoms with Crippen LogP contribution in [-0.4, -0.2) is 17.5 Å². The van der Waals surface area contributed by atoms with E-state index in [0.717, 1.165) is 5.56 Å². The highest BCUT2D eigenvalue weighted by Gasteiger charge is 2.32. The smallest absolute Gasteiger partial charge is 0.255 e. The van der Waals surface area contributed by atoms with Gasteiger partial charge in [-0.25, -0.2) is 0 Å². The van der Waals surface area contributed by atoms with Crippen LogP contribution in [-0.2, 0) is 0 Å². The fourth-order valence-corrected chi connectivity index (χ4v) is 3.28. The first-order chi connectivity index (χ1) is 13.5. The molecule has 0 aliphatic heterocycles. The summed E-state index contributed by atoms with van der Waals surface area (Å²) in [6.45, 7) is 3.68. The van der Waals surface area contributed by atoms with Crippen molar-refractivity contribution in [2.24, 2.45) is 0 Å². The van der Waals surface area contributed by atoms with Crippen LogP contribution in [0, 0.1) is 0 Å². The number of fused-ring (bicyclic) bond motifs is 2. The van der Waals surface area contributed by atoms with E-state index in [1.54, 1.807) is 60.7 Å². The lowest BCUT2D eigenvalue weighted by Crippen LogP contribution is -2.24. The van der Waals surface area contributed by atoms with E-state index in [-0.39, 0.29) is 39.7 Å². The summed E-state index contributed by atoms with van der Waals surface area (Å²) < 4.78 is 0. The van der Waals surface area contributed by atoms with Crippen LogP contribution in [0.2, 0.25) is 0 Å². The van der Waals surface area contributed by atoms with E-state index < -0.39 is 0 Å². The third-order valence-corrected chi connectivity index (χ3v) is 4.73. The molecule has 1 aliphatic rings. The summed E-state index contributed by atoms with van der Waals surface area (Å²) in [7, 11) is 0. The maximum atomic E-state index is 13.0. The first-order valence-corrected chi connectivity index (χ1v) is 8.65. The largest absolute Gasteiger partial charge is 0.399 e. The highest BCUT2D eigenvalue weighted by molar-refractivity contribution is 6.31. The number of anilines is 2. The van der Waals surface area contributed by atoms with Gasteiger partial charge in [-0.05, 0) is 42.0 Å². The molecule has 0 unspecified atom stereocenters. The Bertz CT molecular complexity index is 1160. The Morgan fingerprint density at radius 3 is 2.36 bits per heavy atom. The minimum absolute atomic E-state index is 0.195. The lowest BCUT2D eigenvalue weighted by Gasteiger charge is -2.20. The molecule has 0 atom stereocenters. The van der Waals surface area contributed by atoms with Gasteiger partial charge in [0.2, 0.25) is 0 Å². The summed E-state index contributed by atoms with van der Waals surface area (Å²) in [6, 6.07) is 16.4. The van der Waals surface area contributed by atoms with E-state index in [9.17, 15) is 14.4 Å². The lowest BCUT2D eigenvalue weighted by atomic mass is 9.83. The van der Waals surface area contributed by atoms with Gasteiger partial charge < -0.3 is 11.1 Å². The Balaban J connectivity index is 1.74. The highest BCUT2D eigenvalue weighted by Crippen LogP contribution is 2.33. The minimum atomic E-state index is -0.368. The second-order valence-electron chi connectivity index (χ2n) is 6.47. The number of nitrogens with two attached hydrogens (primary N) is 1. The van der Waals surface area contributed by atoms with Crippen molar-refractivity contribution >= 4 is 34.9 Å². The zero-order valence-corrected chi connectivity index (χ0v) is 14.9. The molecule has 5 nitrogen and oxygen atoms in total. The van der Waals surface area contributed by atoms with E-state index in [1.165, 1.54) is 6.07 Å². The van der Waals surface area contributed by atoms with Gasteiger partial charge in [0.05, 0.1) is 11.3 Å². The molecule has 0 saturated carbocycles. The molecule has 0 spiro atoms. The highest BCUT2D eigenvalue weighted by atomic mass is 16.2. The molecule has 5 heteroatoms. The number of ketones is 2. The standard InChI is InChI=1S/C23H16N2O3/c1-2-13-6-8-14(9-7-13)23(28)25-19-5-3-4-17-20(19)22(27)16-11-10-15(24)12-18(16)21(17)26/h2-12H,1,24H2,(H,25,28). The molecule has 0 fully saturated rings. The number of hydrogen-bond donors (Lipinski definition) is 2. The third-order valence-electron chi connectivity index (χ3n) is 4.73. The minimum Gasteiger partial charge on any atom is -0.399 e. The van der Waals surface area contributed by atoms with Crippen LogP contribution in [0.3, 0.4) is 0 Å². The summed E-state index contributed by atoms with van der Waals surface area (Å²) in [4.78, 5) is 38.5. The number of rotatable bonds is 3. The topological polar surface area (TPSA) is 89.3 Å². The van der Waals surface area contributed by atoms with Gasteiger partial charge in [0.15, 0.2) is 11.6 Å². The molecule has 0 heterocycles. The van der Waals surface area contributed by atoms with E-state index in [0.29, 0.717) is 16.9 Å². The second kappa shape index (κ2) is 6.63. The number of amides is 1. The average molecular weight is 368 g/mol. The van der Waals surface area contributed by atoms with Crippen molar-refractivity contribution in [3.8, 4) is 0 Å². The monoisotopic (exact) mass is 368 g/mol. The average Bonchev–Trinajstić information content (AvgIpc) is 2.71. The first kappa shape index (κ1) is 17.4. The molecule has 0 aromatic heterocycles. The van der Waals surface area contributed by atoms with Crippen molar-refractivity contribution in [3.05, 3.63) is 101 Å².